The Bertz CT molecular complexity index is 503. The summed E-state index contributed by atoms with van der Waals surface area (Å²) in [6.07, 6.45) is 0.725. The van der Waals surface area contributed by atoms with Gasteiger partial charge in [0.25, 0.3) is 0 Å². The summed E-state index contributed by atoms with van der Waals surface area (Å²) in [5.41, 5.74) is 0.442. The molecule has 2 atom stereocenters. The number of benzene rings is 1. The van der Waals surface area contributed by atoms with E-state index >= 15 is 0 Å². The second-order valence-electron chi connectivity index (χ2n) is 4.64. The number of amides is 2. The smallest absolute Gasteiger partial charge is 0.328 e. The Morgan fingerprint density at radius 1 is 1.24 bits per heavy atom. The Kier molecular flexibility index (Phi) is 6.78. The molecule has 2 amide bonds. The van der Waals surface area contributed by atoms with Crippen LogP contribution in [-0.2, 0) is 9.53 Å². The highest BCUT2D eigenvalue weighted by molar-refractivity contribution is 6.35. The van der Waals surface area contributed by atoms with E-state index in [4.69, 9.17) is 27.9 Å². The first-order valence-electron chi connectivity index (χ1n) is 6.48. The minimum Gasteiger partial charge on any atom is -0.467 e. The molecule has 0 radical (unpaired) electrons. The SMILES string of the molecule is CCC(C)C(NC(=O)Nc1cc(Cl)cc(Cl)c1)C(=O)OC. The van der Waals surface area contributed by atoms with Crippen LogP contribution in [0.4, 0.5) is 10.5 Å². The third kappa shape index (κ3) is 5.44. The largest absolute Gasteiger partial charge is 0.467 e. The van der Waals surface area contributed by atoms with Crippen molar-refractivity contribution in [3.63, 3.8) is 0 Å². The molecule has 0 aliphatic rings. The summed E-state index contributed by atoms with van der Waals surface area (Å²) in [5, 5.41) is 5.99. The first kappa shape index (κ1) is 17.6. The van der Waals surface area contributed by atoms with Crippen molar-refractivity contribution in [1.82, 2.24) is 5.32 Å². The maximum atomic E-state index is 12.0. The van der Waals surface area contributed by atoms with Gasteiger partial charge < -0.3 is 15.4 Å². The summed E-state index contributed by atoms with van der Waals surface area (Å²) in [7, 11) is 1.29. The lowest BCUT2D eigenvalue weighted by atomic mass is 9.99. The highest BCUT2D eigenvalue weighted by atomic mass is 35.5. The lowest BCUT2D eigenvalue weighted by Gasteiger charge is -2.22. The fraction of sp³-hybridized carbons (Fsp3) is 0.429. The van der Waals surface area contributed by atoms with Crippen molar-refractivity contribution in [3.8, 4) is 0 Å². The molecule has 1 rings (SSSR count). The van der Waals surface area contributed by atoms with Gasteiger partial charge in [-0.05, 0) is 24.1 Å². The standard InChI is InChI=1S/C14H18Cl2N2O3/c1-4-8(2)12(13(19)21-3)18-14(20)17-11-6-9(15)5-10(16)7-11/h5-8,12H,4H2,1-3H3,(H2,17,18,20). The van der Waals surface area contributed by atoms with Crippen LogP contribution in [0, 0.1) is 5.92 Å². The zero-order valence-electron chi connectivity index (χ0n) is 12.1. The Balaban J connectivity index is 2.75. The predicted molar refractivity (Wildman–Crippen MR) is 83.9 cm³/mol. The molecule has 2 unspecified atom stereocenters. The van der Waals surface area contributed by atoms with E-state index in [1.165, 1.54) is 7.11 Å². The summed E-state index contributed by atoms with van der Waals surface area (Å²) >= 11 is 11.7. The number of hydrogen-bond acceptors (Lipinski definition) is 3. The van der Waals surface area contributed by atoms with Crippen molar-refractivity contribution < 1.29 is 14.3 Å². The van der Waals surface area contributed by atoms with Gasteiger partial charge in [0.15, 0.2) is 0 Å². The summed E-state index contributed by atoms with van der Waals surface area (Å²) < 4.78 is 4.70. The van der Waals surface area contributed by atoms with E-state index in [2.05, 4.69) is 10.6 Å². The first-order chi connectivity index (χ1) is 9.87. The Labute approximate surface area is 133 Å². The van der Waals surface area contributed by atoms with Crippen LogP contribution in [0.1, 0.15) is 20.3 Å². The molecule has 0 saturated carbocycles. The average Bonchev–Trinajstić information content (AvgIpc) is 2.41. The minimum absolute atomic E-state index is 0.0499. The molecule has 5 nitrogen and oxygen atoms in total. The van der Waals surface area contributed by atoms with Gasteiger partial charge in [-0.15, -0.1) is 0 Å². The molecule has 0 heterocycles. The van der Waals surface area contributed by atoms with Crippen LogP contribution in [0.5, 0.6) is 0 Å². The molecule has 0 aliphatic heterocycles. The van der Waals surface area contributed by atoms with E-state index in [0.29, 0.717) is 15.7 Å². The molecule has 2 N–H and O–H groups in total. The van der Waals surface area contributed by atoms with Crippen molar-refractivity contribution >= 4 is 40.9 Å². The van der Waals surface area contributed by atoms with Gasteiger partial charge in [0.2, 0.25) is 0 Å². The minimum atomic E-state index is -0.713. The van der Waals surface area contributed by atoms with Gasteiger partial charge in [-0.2, -0.15) is 0 Å². The number of esters is 1. The third-order valence-electron chi connectivity index (χ3n) is 3.08. The average molecular weight is 333 g/mol. The topological polar surface area (TPSA) is 67.4 Å². The molecule has 0 aliphatic carbocycles. The van der Waals surface area contributed by atoms with E-state index in [-0.39, 0.29) is 5.92 Å². The number of halogens is 2. The number of urea groups is 1. The monoisotopic (exact) mass is 332 g/mol. The Morgan fingerprint density at radius 3 is 2.29 bits per heavy atom. The van der Waals surface area contributed by atoms with Crippen LogP contribution in [0.25, 0.3) is 0 Å². The molecular weight excluding hydrogens is 315 g/mol. The lowest BCUT2D eigenvalue weighted by Crippen LogP contribution is -2.47. The molecule has 7 heteroatoms. The highest BCUT2D eigenvalue weighted by Crippen LogP contribution is 2.22. The van der Waals surface area contributed by atoms with E-state index in [9.17, 15) is 9.59 Å². The molecule has 0 fully saturated rings. The number of methoxy groups -OCH3 is 1. The molecule has 1 aromatic carbocycles. The van der Waals surface area contributed by atoms with Crippen LogP contribution < -0.4 is 10.6 Å². The third-order valence-corrected chi connectivity index (χ3v) is 3.51. The molecule has 116 valence electrons. The van der Waals surface area contributed by atoms with Crippen LogP contribution in [-0.4, -0.2) is 25.2 Å². The van der Waals surface area contributed by atoms with Crippen LogP contribution in [0.15, 0.2) is 18.2 Å². The van der Waals surface area contributed by atoms with Gasteiger partial charge in [0, 0.05) is 15.7 Å². The van der Waals surface area contributed by atoms with Gasteiger partial charge in [0.05, 0.1) is 7.11 Å². The van der Waals surface area contributed by atoms with Gasteiger partial charge in [-0.3, -0.25) is 0 Å². The zero-order valence-corrected chi connectivity index (χ0v) is 13.6. The second-order valence-corrected chi connectivity index (χ2v) is 5.52. The molecule has 0 saturated heterocycles. The molecule has 0 spiro atoms. The normalized spacial score (nSPS) is 13.2. The van der Waals surface area contributed by atoms with E-state index in [1.807, 2.05) is 13.8 Å². The second kappa shape index (κ2) is 8.10. The quantitative estimate of drug-likeness (QED) is 0.808. The Hall–Kier alpha value is -1.46. The number of carbonyl (C=O) groups excluding carboxylic acids is 2. The number of nitrogens with one attached hydrogen (secondary N) is 2. The predicted octanol–water partition coefficient (Wildman–Crippen LogP) is 3.70. The number of rotatable bonds is 5. The molecule has 0 bridgehead atoms. The maximum absolute atomic E-state index is 12.0. The molecule has 21 heavy (non-hydrogen) atoms. The van der Waals surface area contributed by atoms with Gasteiger partial charge in [-0.25, -0.2) is 9.59 Å². The van der Waals surface area contributed by atoms with Crippen LogP contribution in [0.3, 0.4) is 0 Å². The number of anilines is 1. The fourth-order valence-electron chi connectivity index (χ4n) is 1.73. The summed E-state index contributed by atoms with van der Waals surface area (Å²) in [6.45, 7) is 3.79. The Morgan fingerprint density at radius 2 is 1.81 bits per heavy atom. The van der Waals surface area contributed by atoms with Crippen molar-refractivity contribution in [1.29, 1.82) is 0 Å². The first-order valence-corrected chi connectivity index (χ1v) is 7.24. The number of hydrogen-bond donors (Lipinski definition) is 2. The van der Waals surface area contributed by atoms with Gasteiger partial charge in [-0.1, -0.05) is 43.5 Å². The summed E-state index contributed by atoms with van der Waals surface area (Å²) in [5.74, 6) is -0.533. The van der Waals surface area contributed by atoms with Crippen molar-refractivity contribution in [2.24, 2.45) is 5.92 Å². The van der Waals surface area contributed by atoms with Gasteiger partial charge in [0.1, 0.15) is 6.04 Å². The molecule has 0 aromatic heterocycles. The summed E-state index contributed by atoms with van der Waals surface area (Å²) in [6, 6.07) is 3.44. The van der Waals surface area contributed by atoms with Crippen molar-refractivity contribution in [2.45, 2.75) is 26.3 Å². The zero-order chi connectivity index (χ0) is 16.0. The van der Waals surface area contributed by atoms with Crippen LogP contribution >= 0.6 is 23.2 Å². The van der Waals surface area contributed by atoms with Crippen molar-refractivity contribution in [2.75, 3.05) is 12.4 Å². The van der Waals surface area contributed by atoms with E-state index in [0.717, 1.165) is 6.42 Å². The summed E-state index contributed by atoms with van der Waals surface area (Å²) in [4.78, 5) is 23.7. The molecule has 1 aromatic rings. The lowest BCUT2D eigenvalue weighted by molar-refractivity contribution is -0.144. The van der Waals surface area contributed by atoms with E-state index in [1.54, 1.807) is 18.2 Å². The number of carbonyl (C=O) groups is 2. The fourth-order valence-corrected chi connectivity index (χ4v) is 2.26. The number of ether oxygens (including phenoxy) is 1. The van der Waals surface area contributed by atoms with Crippen LogP contribution in [0.2, 0.25) is 10.0 Å². The van der Waals surface area contributed by atoms with Crippen molar-refractivity contribution in [3.05, 3.63) is 28.2 Å². The van der Waals surface area contributed by atoms with Gasteiger partial charge >= 0.3 is 12.0 Å². The highest BCUT2D eigenvalue weighted by Gasteiger charge is 2.26. The maximum Gasteiger partial charge on any atom is 0.328 e. The van der Waals surface area contributed by atoms with E-state index < -0.39 is 18.0 Å². The molecular formula is C14H18Cl2N2O3.